The summed E-state index contributed by atoms with van der Waals surface area (Å²) >= 11 is 0. The van der Waals surface area contributed by atoms with Gasteiger partial charge < -0.3 is 4.98 Å². The van der Waals surface area contributed by atoms with Gasteiger partial charge in [0.05, 0.1) is 11.0 Å². The molecule has 124 valence electrons. The van der Waals surface area contributed by atoms with E-state index < -0.39 is 0 Å². The second-order valence-corrected chi connectivity index (χ2v) is 7.01. The van der Waals surface area contributed by atoms with E-state index in [1.54, 1.807) is 0 Å². The fraction of sp³-hybridized carbons (Fsp3) is 0.381. The van der Waals surface area contributed by atoms with Crippen molar-refractivity contribution in [3.05, 3.63) is 54.1 Å². The number of aromatic nitrogens is 2. The summed E-state index contributed by atoms with van der Waals surface area (Å²) in [6.07, 6.45) is 6.90. The molecule has 0 bridgehead atoms. The maximum Gasteiger partial charge on any atom is 0.138 e. The van der Waals surface area contributed by atoms with E-state index >= 15 is 0 Å². The van der Waals surface area contributed by atoms with Crippen molar-refractivity contribution in [3.63, 3.8) is 0 Å². The van der Waals surface area contributed by atoms with Crippen LogP contribution in [0.2, 0.25) is 0 Å². The Labute approximate surface area is 143 Å². The highest BCUT2D eigenvalue weighted by Crippen LogP contribution is 2.24. The third kappa shape index (κ3) is 3.22. The van der Waals surface area contributed by atoms with E-state index in [9.17, 15) is 0 Å². The first-order valence-corrected chi connectivity index (χ1v) is 9.04. The van der Waals surface area contributed by atoms with Crippen molar-refractivity contribution in [1.82, 2.24) is 14.9 Å². The zero-order valence-electron chi connectivity index (χ0n) is 14.3. The Bertz CT molecular complexity index is 764. The van der Waals surface area contributed by atoms with Gasteiger partial charge in [0.15, 0.2) is 0 Å². The first-order valence-electron chi connectivity index (χ1n) is 9.04. The van der Waals surface area contributed by atoms with E-state index in [1.165, 1.54) is 37.7 Å². The monoisotopic (exact) mass is 319 g/mol. The predicted octanol–water partition coefficient (Wildman–Crippen LogP) is 4.99. The molecule has 3 aromatic rings. The van der Waals surface area contributed by atoms with Gasteiger partial charge in [-0.25, -0.2) is 4.98 Å². The number of benzene rings is 2. The molecule has 2 aromatic carbocycles. The average molecular weight is 319 g/mol. The van der Waals surface area contributed by atoms with Crippen molar-refractivity contribution < 1.29 is 0 Å². The van der Waals surface area contributed by atoms with Crippen LogP contribution in [0.1, 0.15) is 37.7 Å². The fourth-order valence-corrected chi connectivity index (χ4v) is 3.80. The molecular formula is C21H25N3. The zero-order valence-corrected chi connectivity index (χ0v) is 14.3. The molecule has 0 saturated heterocycles. The summed E-state index contributed by atoms with van der Waals surface area (Å²) in [6, 6.07) is 17.8. The highest BCUT2D eigenvalue weighted by Gasteiger charge is 2.17. The minimum atomic E-state index is 0.758. The summed E-state index contributed by atoms with van der Waals surface area (Å²) in [7, 11) is 2.27. The fourth-order valence-electron chi connectivity index (χ4n) is 3.80. The Hall–Kier alpha value is -2.13. The Kier molecular flexibility index (Phi) is 4.35. The van der Waals surface area contributed by atoms with Crippen LogP contribution < -0.4 is 0 Å². The standard InChI is InChI=1S/C21H25N3/c1-24(18-7-3-2-4-8-18)15-16-11-13-17(14-12-16)21-22-19-9-5-6-10-20(19)23-21/h5-6,9-14,18H,2-4,7-8,15H2,1H3,(H,22,23). The molecule has 24 heavy (non-hydrogen) atoms. The molecule has 1 aromatic heterocycles. The Balaban J connectivity index is 1.47. The summed E-state index contributed by atoms with van der Waals surface area (Å²) in [5.74, 6) is 0.948. The van der Waals surface area contributed by atoms with E-state index in [0.717, 1.165) is 35.0 Å². The molecular weight excluding hydrogens is 294 g/mol. The van der Waals surface area contributed by atoms with Gasteiger partial charge in [0.1, 0.15) is 5.82 Å². The van der Waals surface area contributed by atoms with Crippen LogP contribution in [0.4, 0.5) is 0 Å². The molecule has 0 unspecified atom stereocenters. The van der Waals surface area contributed by atoms with Gasteiger partial charge >= 0.3 is 0 Å². The van der Waals surface area contributed by atoms with Crippen molar-refractivity contribution in [2.45, 2.75) is 44.7 Å². The number of para-hydroxylation sites is 2. The van der Waals surface area contributed by atoms with E-state index in [-0.39, 0.29) is 0 Å². The van der Waals surface area contributed by atoms with Gasteiger partial charge in [0.2, 0.25) is 0 Å². The number of H-pyrrole nitrogens is 1. The molecule has 1 N–H and O–H groups in total. The van der Waals surface area contributed by atoms with Crippen LogP contribution in [0.25, 0.3) is 22.4 Å². The Morgan fingerprint density at radius 1 is 1.00 bits per heavy atom. The van der Waals surface area contributed by atoms with E-state index in [1.807, 2.05) is 18.2 Å². The Morgan fingerprint density at radius 3 is 2.50 bits per heavy atom. The van der Waals surface area contributed by atoms with Crippen molar-refractivity contribution in [3.8, 4) is 11.4 Å². The number of hydrogen-bond donors (Lipinski definition) is 1. The molecule has 0 radical (unpaired) electrons. The quantitative estimate of drug-likeness (QED) is 0.734. The molecule has 3 heteroatoms. The van der Waals surface area contributed by atoms with Crippen molar-refractivity contribution in [2.75, 3.05) is 7.05 Å². The predicted molar refractivity (Wildman–Crippen MR) is 99.9 cm³/mol. The summed E-state index contributed by atoms with van der Waals surface area (Å²) in [6.45, 7) is 1.03. The van der Waals surface area contributed by atoms with Crippen LogP contribution in [-0.2, 0) is 6.54 Å². The molecule has 0 spiro atoms. The van der Waals surface area contributed by atoms with Gasteiger partial charge in [-0.05, 0) is 37.6 Å². The molecule has 4 rings (SSSR count). The van der Waals surface area contributed by atoms with Crippen LogP contribution in [0.15, 0.2) is 48.5 Å². The summed E-state index contributed by atoms with van der Waals surface area (Å²) in [5.41, 5.74) is 4.64. The van der Waals surface area contributed by atoms with Crippen molar-refractivity contribution in [2.24, 2.45) is 0 Å². The van der Waals surface area contributed by atoms with Gasteiger partial charge in [-0.1, -0.05) is 55.7 Å². The minimum Gasteiger partial charge on any atom is -0.338 e. The topological polar surface area (TPSA) is 31.9 Å². The second kappa shape index (κ2) is 6.78. The number of rotatable bonds is 4. The van der Waals surface area contributed by atoms with Crippen molar-refractivity contribution >= 4 is 11.0 Å². The van der Waals surface area contributed by atoms with Crippen LogP contribution in [0, 0.1) is 0 Å². The normalized spacial score (nSPS) is 16.1. The molecule has 0 amide bonds. The van der Waals surface area contributed by atoms with Gasteiger partial charge in [-0.3, -0.25) is 4.90 Å². The van der Waals surface area contributed by atoms with Crippen LogP contribution in [0.3, 0.4) is 0 Å². The molecule has 1 aliphatic carbocycles. The SMILES string of the molecule is CN(Cc1ccc(-c2nc3ccccc3[nH]2)cc1)C1CCCCC1. The summed E-state index contributed by atoms with van der Waals surface area (Å²) in [5, 5.41) is 0. The van der Waals surface area contributed by atoms with Gasteiger partial charge in [0.25, 0.3) is 0 Å². The zero-order chi connectivity index (χ0) is 16.4. The molecule has 1 heterocycles. The number of nitrogens with one attached hydrogen (secondary N) is 1. The maximum atomic E-state index is 4.68. The number of fused-ring (bicyclic) bond motifs is 1. The lowest BCUT2D eigenvalue weighted by atomic mass is 9.94. The average Bonchev–Trinajstić information content (AvgIpc) is 3.07. The van der Waals surface area contributed by atoms with Gasteiger partial charge in [0, 0.05) is 18.2 Å². The maximum absolute atomic E-state index is 4.68. The van der Waals surface area contributed by atoms with Gasteiger partial charge in [-0.15, -0.1) is 0 Å². The lowest BCUT2D eigenvalue weighted by Crippen LogP contribution is -2.32. The van der Waals surface area contributed by atoms with E-state index in [2.05, 4.69) is 52.2 Å². The van der Waals surface area contributed by atoms with Gasteiger partial charge in [-0.2, -0.15) is 0 Å². The van der Waals surface area contributed by atoms with E-state index in [4.69, 9.17) is 0 Å². The first kappa shape index (κ1) is 15.4. The number of aromatic amines is 1. The molecule has 1 fully saturated rings. The van der Waals surface area contributed by atoms with Crippen LogP contribution >= 0.6 is 0 Å². The van der Waals surface area contributed by atoms with E-state index in [0.29, 0.717) is 0 Å². The van der Waals surface area contributed by atoms with Crippen LogP contribution in [-0.4, -0.2) is 28.0 Å². The molecule has 1 aliphatic rings. The lowest BCUT2D eigenvalue weighted by molar-refractivity contribution is 0.184. The molecule has 3 nitrogen and oxygen atoms in total. The number of hydrogen-bond acceptors (Lipinski definition) is 2. The second-order valence-electron chi connectivity index (χ2n) is 7.01. The molecule has 0 atom stereocenters. The van der Waals surface area contributed by atoms with Crippen LogP contribution in [0.5, 0.6) is 0 Å². The summed E-state index contributed by atoms with van der Waals surface area (Å²) in [4.78, 5) is 10.6. The highest BCUT2D eigenvalue weighted by atomic mass is 15.1. The third-order valence-electron chi connectivity index (χ3n) is 5.25. The third-order valence-corrected chi connectivity index (χ3v) is 5.25. The lowest BCUT2D eigenvalue weighted by Gasteiger charge is -2.31. The Morgan fingerprint density at radius 2 is 1.75 bits per heavy atom. The minimum absolute atomic E-state index is 0.758. The number of imidazole rings is 1. The molecule has 0 aliphatic heterocycles. The largest absolute Gasteiger partial charge is 0.338 e. The highest BCUT2D eigenvalue weighted by molar-refractivity contribution is 5.79. The van der Waals surface area contributed by atoms with Crippen molar-refractivity contribution in [1.29, 1.82) is 0 Å². The summed E-state index contributed by atoms with van der Waals surface area (Å²) < 4.78 is 0. The first-order chi connectivity index (χ1) is 11.8. The molecule has 1 saturated carbocycles. The number of nitrogens with zero attached hydrogens (tertiary/aromatic N) is 2. The smallest absolute Gasteiger partial charge is 0.138 e.